The Balaban J connectivity index is 1.60. The smallest absolute Gasteiger partial charge is 0.0415 e. The summed E-state index contributed by atoms with van der Waals surface area (Å²) in [6.45, 7) is 8.82. The van der Waals surface area contributed by atoms with Crippen LogP contribution in [0.4, 0.5) is 11.4 Å². The third kappa shape index (κ3) is 3.58. The van der Waals surface area contributed by atoms with E-state index >= 15 is 0 Å². The van der Waals surface area contributed by atoms with E-state index in [2.05, 4.69) is 57.4 Å². The first kappa shape index (κ1) is 14.0. The molecule has 0 unspecified atom stereocenters. The van der Waals surface area contributed by atoms with E-state index < -0.39 is 0 Å². The summed E-state index contributed by atoms with van der Waals surface area (Å²) in [7, 11) is 0. The molecule has 1 aromatic carbocycles. The van der Waals surface area contributed by atoms with Crippen molar-refractivity contribution in [1.29, 1.82) is 0 Å². The average molecular weight is 284 g/mol. The number of benzene rings is 1. The molecular weight excluding hydrogens is 260 g/mol. The molecular formula is C17H24N4. The minimum atomic E-state index is 0.858. The SMILES string of the molecule is CCN1CCN(c2cccc(NCc3cc[nH]c3)c2)CC1. The Labute approximate surface area is 126 Å². The summed E-state index contributed by atoms with van der Waals surface area (Å²) < 4.78 is 0. The van der Waals surface area contributed by atoms with Crippen molar-refractivity contribution in [2.24, 2.45) is 0 Å². The van der Waals surface area contributed by atoms with E-state index in [0.29, 0.717) is 0 Å². The van der Waals surface area contributed by atoms with Gasteiger partial charge < -0.3 is 20.1 Å². The summed E-state index contributed by atoms with van der Waals surface area (Å²) in [5, 5.41) is 3.49. The Morgan fingerprint density at radius 2 is 2.00 bits per heavy atom. The van der Waals surface area contributed by atoms with Gasteiger partial charge >= 0.3 is 0 Å². The molecule has 1 fully saturated rings. The van der Waals surface area contributed by atoms with E-state index in [1.54, 1.807) is 0 Å². The lowest BCUT2D eigenvalue weighted by atomic mass is 10.2. The normalized spacial score (nSPS) is 16.1. The second-order valence-electron chi connectivity index (χ2n) is 5.54. The fourth-order valence-electron chi connectivity index (χ4n) is 2.81. The van der Waals surface area contributed by atoms with Crippen LogP contribution in [0.3, 0.4) is 0 Å². The topological polar surface area (TPSA) is 34.3 Å². The molecule has 1 aliphatic heterocycles. The van der Waals surface area contributed by atoms with Crippen LogP contribution in [0.1, 0.15) is 12.5 Å². The molecule has 3 rings (SSSR count). The van der Waals surface area contributed by atoms with Crippen LogP contribution < -0.4 is 10.2 Å². The van der Waals surface area contributed by atoms with Crippen molar-refractivity contribution >= 4 is 11.4 Å². The number of nitrogens with one attached hydrogen (secondary N) is 2. The van der Waals surface area contributed by atoms with E-state index in [1.807, 2.05) is 12.4 Å². The quantitative estimate of drug-likeness (QED) is 0.886. The monoisotopic (exact) mass is 284 g/mol. The van der Waals surface area contributed by atoms with Gasteiger partial charge in [-0.15, -0.1) is 0 Å². The first-order valence-electron chi connectivity index (χ1n) is 7.78. The lowest BCUT2D eigenvalue weighted by Gasteiger charge is -2.35. The highest BCUT2D eigenvalue weighted by atomic mass is 15.3. The van der Waals surface area contributed by atoms with Crippen LogP contribution in [0, 0.1) is 0 Å². The van der Waals surface area contributed by atoms with Crippen molar-refractivity contribution in [3.63, 3.8) is 0 Å². The van der Waals surface area contributed by atoms with Gasteiger partial charge in [0.15, 0.2) is 0 Å². The van der Waals surface area contributed by atoms with Gasteiger partial charge in [0.05, 0.1) is 0 Å². The van der Waals surface area contributed by atoms with Crippen molar-refractivity contribution < 1.29 is 0 Å². The van der Waals surface area contributed by atoms with Crippen LogP contribution in [-0.2, 0) is 6.54 Å². The van der Waals surface area contributed by atoms with Gasteiger partial charge in [-0.2, -0.15) is 0 Å². The molecule has 112 valence electrons. The number of rotatable bonds is 5. The third-order valence-electron chi connectivity index (χ3n) is 4.19. The predicted octanol–water partition coefficient (Wildman–Crippen LogP) is 2.77. The number of aromatic nitrogens is 1. The van der Waals surface area contributed by atoms with Crippen LogP contribution in [0.5, 0.6) is 0 Å². The zero-order valence-corrected chi connectivity index (χ0v) is 12.7. The van der Waals surface area contributed by atoms with Crippen LogP contribution in [0.2, 0.25) is 0 Å². The van der Waals surface area contributed by atoms with Gasteiger partial charge in [-0.1, -0.05) is 13.0 Å². The van der Waals surface area contributed by atoms with Crippen molar-refractivity contribution in [2.45, 2.75) is 13.5 Å². The standard InChI is InChI=1S/C17H24N4/c1-2-20-8-10-21(11-9-20)17-5-3-4-16(12-17)19-14-15-6-7-18-13-15/h3-7,12-13,18-19H,2,8-11,14H2,1H3. The Kier molecular flexibility index (Phi) is 4.46. The van der Waals surface area contributed by atoms with Crippen LogP contribution in [-0.4, -0.2) is 42.6 Å². The van der Waals surface area contributed by atoms with Crippen LogP contribution in [0.15, 0.2) is 42.7 Å². The molecule has 0 radical (unpaired) electrons. The van der Waals surface area contributed by atoms with Gasteiger partial charge in [-0.05, 0) is 36.4 Å². The molecule has 0 atom stereocenters. The van der Waals surface area contributed by atoms with Gasteiger partial charge in [-0.3, -0.25) is 0 Å². The molecule has 0 bridgehead atoms. The lowest BCUT2D eigenvalue weighted by Crippen LogP contribution is -2.46. The number of aromatic amines is 1. The molecule has 1 saturated heterocycles. The Hall–Kier alpha value is -1.94. The summed E-state index contributed by atoms with van der Waals surface area (Å²) in [5.74, 6) is 0. The first-order valence-corrected chi connectivity index (χ1v) is 7.78. The Bertz CT molecular complexity index is 542. The first-order chi connectivity index (χ1) is 10.3. The van der Waals surface area contributed by atoms with E-state index in [0.717, 1.165) is 39.3 Å². The summed E-state index contributed by atoms with van der Waals surface area (Å²) >= 11 is 0. The minimum Gasteiger partial charge on any atom is -0.381 e. The highest BCUT2D eigenvalue weighted by Gasteiger charge is 2.15. The third-order valence-corrected chi connectivity index (χ3v) is 4.19. The second kappa shape index (κ2) is 6.68. The number of H-pyrrole nitrogens is 1. The van der Waals surface area contributed by atoms with Gasteiger partial charge in [0, 0.05) is 56.5 Å². The maximum absolute atomic E-state index is 3.49. The van der Waals surface area contributed by atoms with Crippen molar-refractivity contribution in [3.05, 3.63) is 48.3 Å². The number of anilines is 2. The van der Waals surface area contributed by atoms with Crippen molar-refractivity contribution in [3.8, 4) is 0 Å². The molecule has 0 spiro atoms. The van der Waals surface area contributed by atoms with Crippen molar-refractivity contribution in [2.75, 3.05) is 42.9 Å². The van der Waals surface area contributed by atoms with E-state index in [-0.39, 0.29) is 0 Å². The molecule has 0 saturated carbocycles. The van der Waals surface area contributed by atoms with E-state index in [9.17, 15) is 0 Å². The molecule has 2 heterocycles. The molecule has 1 aromatic heterocycles. The molecule has 0 amide bonds. The number of hydrogen-bond donors (Lipinski definition) is 2. The number of likely N-dealkylation sites (N-methyl/N-ethyl adjacent to an activating group) is 1. The summed E-state index contributed by atoms with van der Waals surface area (Å²) in [4.78, 5) is 8.07. The minimum absolute atomic E-state index is 0.858. The molecule has 4 heteroatoms. The highest BCUT2D eigenvalue weighted by Crippen LogP contribution is 2.21. The largest absolute Gasteiger partial charge is 0.381 e. The second-order valence-corrected chi connectivity index (χ2v) is 5.54. The van der Waals surface area contributed by atoms with E-state index in [4.69, 9.17) is 0 Å². The van der Waals surface area contributed by atoms with Crippen molar-refractivity contribution in [1.82, 2.24) is 9.88 Å². The molecule has 0 aliphatic carbocycles. The number of piperazine rings is 1. The highest BCUT2D eigenvalue weighted by molar-refractivity contribution is 5.58. The molecule has 4 nitrogen and oxygen atoms in total. The van der Waals surface area contributed by atoms with E-state index in [1.165, 1.54) is 16.9 Å². The van der Waals surface area contributed by atoms with Gasteiger partial charge in [0.2, 0.25) is 0 Å². The van der Waals surface area contributed by atoms with Gasteiger partial charge in [0.25, 0.3) is 0 Å². The fraction of sp³-hybridized carbons (Fsp3) is 0.412. The average Bonchev–Trinajstić information content (AvgIpc) is 3.07. The Morgan fingerprint density at radius 3 is 2.71 bits per heavy atom. The zero-order chi connectivity index (χ0) is 14.5. The van der Waals surface area contributed by atoms with Gasteiger partial charge in [-0.25, -0.2) is 0 Å². The summed E-state index contributed by atoms with van der Waals surface area (Å²) in [5.41, 5.74) is 3.79. The molecule has 21 heavy (non-hydrogen) atoms. The lowest BCUT2D eigenvalue weighted by molar-refractivity contribution is 0.271. The molecule has 2 aromatic rings. The maximum Gasteiger partial charge on any atom is 0.0415 e. The zero-order valence-electron chi connectivity index (χ0n) is 12.7. The van der Waals surface area contributed by atoms with Gasteiger partial charge in [0.1, 0.15) is 0 Å². The maximum atomic E-state index is 3.49. The van der Waals surface area contributed by atoms with Crippen LogP contribution in [0.25, 0.3) is 0 Å². The summed E-state index contributed by atoms with van der Waals surface area (Å²) in [6.07, 6.45) is 3.99. The molecule has 2 N–H and O–H groups in total. The number of nitrogens with zero attached hydrogens (tertiary/aromatic N) is 2. The fourth-order valence-corrected chi connectivity index (χ4v) is 2.81. The predicted molar refractivity (Wildman–Crippen MR) is 88.9 cm³/mol. The summed E-state index contributed by atoms with van der Waals surface area (Å²) in [6, 6.07) is 10.8. The number of hydrogen-bond acceptors (Lipinski definition) is 3. The Morgan fingerprint density at radius 1 is 1.14 bits per heavy atom. The molecule has 1 aliphatic rings. The van der Waals surface area contributed by atoms with Crippen LogP contribution >= 0.6 is 0 Å².